The fourth-order valence-corrected chi connectivity index (χ4v) is 3.68. The molecule has 0 saturated carbocycles. The summed E-state index contributed by atoms with van der Waals surface area (Å²) < 4.78 is 20.2. The average molecular weight is 458 g/mol. The minimum atomic E-state index is -0.631. The molecule has 168 valence electrons. The summed E-state index contributed by atoms with van der Waals surface area (Å²) in [6.07, 6.45) is 1.01. The van der Waals surface area contributed by atoms with E-state index in [0.29, 0.717) is 46.0 Å². The van der Waals surface area contributed by atoms with Crippen molar-refractivity contribution >= 4 is 39.7 Å². The number of nitrogens with one attached hydrogen (secondary N) is 4. The second-order valence-electron chi connectivity index (χ2n) is 7.13. The number of aromatic nitrogens is 1. The summed E-state index contributed by atoms with van der Waals surface area (Å²) in [5, 5.41) is 24.3. The summed E-state index contributed by atoms with van der Waals surface area (Å²) in [6.45, 7) is 4.22. The van der Waals surface area contributed by atoms with E-state index in [1.165, 1.54) is 18.2 Å². The number of hydrogen-bond acceptors (Lipinski definition) is 8. The van der Waals surface area contributed by atoms with Crippen LogP contribution in [0.5, 0.6) is 5.75 Å². The first-order valence-electron chi connectivity index (χ1n) is 10.0. The molecule has 1 atom stereocenters. The summed E-state index contributed by atoms with van der Waals surface area (Å²) in [7, 11) is 1.62. The second-order valence-corrected chi connectivity index (χ2v) is 7.51. The first-order valence-corrected chi connectivity index (χ1v) is 10.4. The number of rotatable bonds is 4. The number of pyridine rings is 1. The molecular weight excluding hydrogens is 433 g/mol. The van der Waals surface area contributed by atoms with Gasteiger partial charge in [-0.15, -0.1) is 0 Å². The number of ether oxygens (including phenoxy) is 1. The molecule has 8 nitrogen and oxygen atoms in total. The fourth-order valence-electron chi connectivity index (χ4n) is 3.51. The van der Waals surface area contributed by atoms with Crippen LogP contribution in [-0.2, 0) is 0 Å². The standard InChI is InChI=1S/C22H25ClFN7O/c1-4-29-20-12-7-18(22(27)30-10-12)32-11(2)15-8-13(24)5-6-14(15)19(25)17(31-28-3)9-16(20)21(23)26/h5-8,10-11,25-26,28-29H,4,9H2,1-3H3,(H2,27,30)/b20-16-,25-19?,26-21?,31-17-/t11-/m1/s1. The fraction of sp³-hybridized carbons (Fsp3) is 0.273. The molecule has 0 saturated heterocycles. The monoisotopic (exact) mass is 457 g/mol. The molecule has 0 amide bonds. The molecule has 2 bridgehead atoms. The normalized spacial score (nSPS) is 20.0. The number of hydrogen-bond donors (Lipinski definition) is 5. The van der Waals surface area contributed by atoms with Crippen molar-refractivity contribution in [2.24, 2.45) is 5.10 Å². The number of benzene rings is 1. The van der Waals surface area contributed by atoms with Crippen molar-refractivity contribution in [2.45, 2.75) is 26.4 Å². The van der Waals surface area contributed by atoms with E-state index in [4.69, 9.17) is 32.9 Å². The minimum absolute atomic E-state index is 0.0615. The van der Waals surface area contributed by atoms with Crippen molar-refractivity contribution in [3.05, 3.63) is 58.5 Å². The van der Waals surface area contributed by atoms with Crippen LogP contribution >= 0.6 is 11.6 Å². The van der Waals surface area contributed by atoms with Crippen LogP contribution in [-0.4, -0.2) is 35.2 Å². The van der Waals surface area contributed by atoms with Crippen LogP contribution < -0.4 is 21.2 Å². The average Bonchev–Trinajstić information content (AvgIpc) is 2.75. The second kappa shape index (κ2) is 9.78. The van der Waals surface area contributed by atoms with Crippen molar-refractivity contribution in [3.63, 3.8) is 0 Å². The lowest BCUT2D eigenvalue weighted by atomic mass is 9.92. The van der Waals surface area contributed by atoms with Crippen LogP contribution in [0, 0.1) is 16.6 Å². The van der Waals surface area contributed by atoms with E-state index in [1.807, 2.05) is 6.92 Å². The number of fused-ring (bicyclic) bond motifs is 3. The number of nitrogens with zero attached hydrogens (tertiary/aromatic N) is 2. The zero-order valence-electron chi connectivity index (χ0n) is 18.0. The highest BCUT2D eigenvalue weighted by Crippen LogP contribution is 2.33. The third kappa shape index (κ3) is 4.72. The SMILES string of the molecule is CCN/C1=C(\C(=N)Cl)C/C(=N/NC)C(=N)c2ccc(F)cc2[C@@H](C)Oc2cc1cnc2N. The zero-order chi connectivity index (χ0) is 23.4. The van der Waals surface area contributed by atoms with Gasteiger partial charge in [-0.3, -0.25) is 10.8 Å². The van der Waals surface area contributed by atoms with Crippen molar-refractivity contribution in [1.29, 1.82) is 10.8 Å². The predicted octanol–water partition coefficient (Wildman–Crippen LogP) is 3.83. The maximum Gasteiger partial charge on any atom is 0.166 e. The quantitative estimate of drug-likeness (QED) is 0.351. The highest BCUT2D eigenvalue weighted by molar-refractivity contribution is 6.70. The molecule has 2 heterocycles. The van der Waals surface area contributed by atoms with Gasteiger partial charge in [0.25, 0.3) is 0 Å². The van der Waals surface area contributed by atoms with Crippen LogP contribution in [0.3, 0.4) is 0 Å². The molecule has 6 N–H and O–H groups in total. The van der Waals surface area contributed by atoms with Gasteiger partial charge in [0.15, 0.2) is 11.6 Å². The lowest BCUT2D eigenvalue weighted by Gasteiger charge is -2.23. The largest absolute Gasteiger partial charge is 0.482 e. The highest BCUT2D eigenvalue weighted by Gasteiger charge is 2.25. The summed E-state index contributed by atoms with van der Waals surface area (Å²) in [6, 6.07) is 5.83. The van der Waals surface area contributed by atoms with E-state index < -0.39 is 11.9 Å². The number of allylic oxidation sites excluding steroid dienone is 1. The molecule has 0 aliphatic carbocycles. The summed E-state index contributed by atoms with van der Waals surface area (Å²) in [4.78, 5) is 4.24. The van der Waals surface area contributed by atoms with Gasteiger partial charge in [-0.05, 0) is 38.1 Å². The summed E-state index contributed by atoms with van der Waals surface area (Å²) in [5.74, 6) is 0.0161. The Kier molecular flexibility index (Phi) is 7.09. The van der Waals surface area contributed by atoms with Gasteiger partial charge in [0.1, 0.15) is 17.1 Å². The first kappa shape index (κ1) is 23.2. The van der Waals surface area contributed by atoms with Gasteiger partial charge in [-0.2, -0.15) is 5.10 Å². The van der Waals surface area contributed by atoms with Crippen molar-refractivity contribution < 1.29 is 9.13 Å². The number of hydrazone groups is 1. The Bertz CT molecular complexity index is 1130. The van der Waals surface area contributed by atoms with Gasteiger partial charge < -0.3 is 21.2 Å². The van der Waals surface area contributed by atoms with Crippen LogP contribution in [0.4, 0.5) is 10.2 Å². The number of nitrogens with two attached hydrogens (primary N) is 1. The van der Waals surface area contributed by atoms with Gasteiger partial charge in [0.05, 0.1) is 11.4 Å². The Morgan fingerprint density at radius 3 is 2.81 bits per heavy atom. The molecule has 0 fully saturated rings. The highest BCUT2D eigenvalue weighted by atomic mass is 35.5. The maximum absolute atomic E-state index is 14.1. The molecule has 3 rings (SSSR count). The van der Waals surface area contributed by atoms with Crippen molar-refractivity contribution in [2.75, 3.05) is 19.3 Å². The van der Waals surface area contributed by atoms with Crippen molar-refractivity contribution in [1.82, 2.24) is 15.7 Å². The molecule has 32 heavy (non-hydrogen) atoms. The maximum atomic E-state index is 14.1. The Hall–Kier alpha value is -3.46. The van der Waals surface area contributed by atoms with E-state index in [0.717, 1.165) is 0 Å². The third-order valence-corrected chi connectivity index (χ3v) is 5.22. The van der Waals surface area contributed by atoms with Gasteiger partial charge >= 0.3 is 0 Å². The minimum Gasteiger partial charge on any atom is -0.482 e. The molecule has 1 aromatic carbocycles. The number of anilines is 1. The summed E-state index contributed by atoms with van der Waals surface area (Å²) >= 11 is 6.19. The Morgan fingerprint density at radius 2 is 2.16 bits per heavy atom. The topological polar surface area (TPSA) is 132 Å². The number of nitrogen functional groups attached to an aromatic ring is 1. The van der Waals surface area contributed by atoms with E-state index in [-0.39, 0.29) is 23.1 Å². The van der Waals surface area contributed by atoms with E-state index in [1.54, 1.807) is 26.2 Å². The summed E-state index contributed by atoms with van der Waals surface area (Å²) in [5.41, 5.74) is 11.6. The number of halogens is 2. The predicted molar refractivity (Wildman–Crippen MR) is 126 cm³/mol. The zero-order valence-corrected chi connectivity index (χ0v) is 18.8. The van der Waals surface area contributed by atoms with E-state index in [2.05, 4.69) is 20.8 Å². The Balaban J connectivity index is 2.35. The molecule has 2 aromatic rings. The molecular formula is C22H25ClFN7O. The van der Waals surface area contributed by atoms with Gasteiger partial charge in [0.2, 0.25) is 0 Å². The molecule has 1 aliphatic rings. The molecule has 0 spiro atoms. The molecule has 1 aliphatic heterocycles. The van der Waals surface area contributed by atoms with Gasteiger partial charge in [-0.25, -0.2) is 9.37 Å². The van der Waals surface area contributed by atoms with Gasteiger partial charge in [0, 0.05) is 54.2 Å². The Labute approximate surface area is 190 Å². The smallest absolute Gasteiger partial charge is 0.166 e. The van der Waals surface area contributed by atoms with E-state index in [9.17, 15) is 4.39 Å². The molecule has 0 unspecified atom stereocenters. The first-order chi connectivity index (χ1) is 15.3. The lowest BCUT2D eigenvalue weighted by molar-refractivity contribution is 0.227. The lowest BCUT2D eigenvalue weighted by Crippen LogP contribution is -2.25. The van der Waals surface area contributed by atoms with Crippen LogP contribution in [0.2, 0.25) is 0 Å². The van der Waals surface area contributed by atoms with Crippen LogP contribution in [0.25, 0.3) is 5.70 Å². The molecule has 0 radical (unpaired) electrons. The third-order valence-electron chi connectivity index (χ3n) is 4.99. The molecule has 10 heteroatoms. The van der Waals surface area contributed by atoms with Crippen LogP contribution in [0.15, 0.2) is 41.1 Å². The van der Waals surface area contributed by atoms with Crippen LogP contribution in [0.1, 0.15) is 43.1 Å². The van der Waals surface area contributed by atoms with E-state index >= 15 is 0 Å². The van der Waals surface area contributed by atoms with Gasteiger partial charge in [-0.1, -0.05) is 11.6 Å². The Morgan fingerprint density at radius 1 is 1.41 bits per heavy atom. The molecule has 1 aromatic heterocycles. The van der Waals surface area contributed by atoms with Crippen molar-refractivity contribution in [3.8, 4) is 5.75 Å².